The fraction of sp³-hybridized carbons (Fsp3) is 0.286. The second kappa shape index (κ2) is 11.6. The minimum Gasteiger partial charge on any atom is -0.494 e. The predicted molar refractivity (Wildman–Crippen MR) is 150 cm³/mol. The summed E-state index contributed by atoms with van der Waals surface area (Å²) in [6, 6.07) is 11.8. The molecule has 2 aromatic heterocycles. The van der Waals surface area contributed by atoms with Crippen molar-refractivity contribution in [3.05, 3.63) is 61.6 Å². The zero-order valence-electron chi connectivity index (χ0n) is 21.8. The number of methoxy groups -OCH3 is 1. The third-order valence-corrected chi connectivity index (χ3v) is 6.06. The van der Waals surface area contributed by atoms with Gasteiger partial charge in [-0.15, -0.1) is 0 Å². The van der Waals surface area contributed by atoms with Crippen molar-refractivity contribution in [2.24, 2.45) is 7.05 Å². The topological polar surface area (TPSA) is 97.2 Å². The Morgan fingerprint density at radius 1 is 1.11 bits per heavy atom. The lowest BCUT2D eigenvalue weighted by Gasteiger charge is -2.28. The fourth-order valence-corrected chi connectivity index (χ4v) is 4.30. The third-order valence-electron chi connectivity index (χ3n) is 6.06. The van der Waals surface area contributed by atoms with Gasteiger partial charge in [-0.3, -0.25) is 9.48 Å². The second-order valence-electron chi connectivity index (χ2n) is 8.71. The molecule has 4 rings (SSSR count). The molecule has 2 heterocycles. The number of aryl methyl sites for hydroxylation is 1. The van der Waals surface area contributed by atoms with E-state index in [1.165, 1.54) is 12.4 Å². The Labute approximate surface area is 217 Å². The highest BCUT2D eigenvalue weighted by Gasteiger charge is 2.17. The van der Waals surface area contributed by atoms with Crippen molar-refractivity contribution in [3.63, 3.8) is 0 Å². The number of ether oxygens (including phenoxy) is 1. The van der Waals surface area contributed by atoms with E-state index in [1.807, 2.05) is 48.3 Å². The van der Waals surface area contributed by atoms with E-state index in [0.717, 1.165) is 53.8 Å². The standard InChI is InChI=1S/C28H33N7O2/c1-6-11-35(12-7-2)25-16-26(37-5)23(14-22(25)33-28(36)8-3)32-27-15-21(29-18-30-27)19-9-10-20-17-31-34(4)24(20)13-19/h8-10,13-18H,3,6-7,11-12H2,1-2,4-5H3,(H,33,36)(H,29,30,32). The molecule has 0 saturated carbocycles. The van der Waals surface area contributed by atoms with Crippen LogP contribution in [-0.2, 0) is 11.8 Å². The zero-order chi connectivity index (χ0) is 26.4. The van der Waals surface area contributed by atoms with Gasteiger partial charge < -0.3 is 20.3 Å². The molecule has 0 aliphatic heterocycles. The predicted octanol–water partition coefficient (Wildman–Crippen LogP) is 5.53. The van der Waals surface area contributed by atoms with Crippen molar-refractivity contribution in [1.29, 1.82) is 0 Å². The van der Waals surface area contributed by atoms with Gasteiger partial charge in [-0.05, 0) is 31.1 Å². The summed E-state index contributed by atoms with van der Waals surface area (Å²) in [5, 5.41) is 11.7. The van der Waals surface area contributed by atoms with E-state index >= 15 is 0 Å². The number of hydrogen-bond acceptors (Lipinski definition) is 7. The molecule has 0 radical (unpaired) electrons. The van der Waals surface area contributed by atoms with Crippen LogP contribution >= 0.6 is 0 Å². The number of fused-ring (bicyclic) bond motifs is 1. The van der Waals surface area contributed by atoms with Gasteiger partial charge in [-0.25, -0.2) is 9.97 Å². The first kappa shape index (κ1) is 25.7. The van der Waals surface area contributed by atoms with E-state index < -0.39 is 0 Å². The first-order valence-electron chi connectivity index (χ1n) is 12.4. The molecule has 0 aliphatic rings. The first-order chi connectivity index (χ1) is 18.0. The van der Waals surface area contributed by atoms with Crippen LogP contribution in [-0.4, -0.2) is 45.9 Å². The Bertz CT molecular complexity index is 1410. The van der Waals surface area contributed by atoms with Crippen molar-refractivity contribution < 1.29 is 9.53 Å². The summed E-state index contributed by atoms with van der Waals surface area (Å²) >= 11 is 0. The molecule has 2 aromatic carbocycles. The molecule has 37 heavy (non-hydrogen) atoms. The summed E-state index contributed by atoms with van der Waals surface area (Å²) in [4.78, 5) is 23.4. The minimum absolute atomic E-state index is 0.278. The SMILES string of the molecule is C=CC(=O)Nc1cc(Nc2cc(-c3ccc4cnn(C)c4c3)ncn2)c(OC)cc1N(CCC)CCC. The molecule has 9 heteroatoms. The number of rotatable bonds is 11. The highest BCUT2D eigenvalue weighted by atomic mass is 16.5. The number of hydrogen-bond donors (Lipinski definition) is 2. The van der Waals surface area contributed by atoms with Crippen molar-refractivity contribution in [1.82, 2.24) is 19.7 Å². The zero-order valence-corrected chi connectivity index (χ0v) is 21.8. The van der Waals surface area contributed by atoms with E-state index in [2.05, 4.69) is 57.1 Å². The molecule has 192 valence electrons. The van der Waals surface area contributed by atoms with Gasteiger partial charge in [0, 0.05) is 43.2 Å². The van der Waals surface area contributed by atoms with Crippen LogP contribution in [0.1, 0.15) is 26.7 Å². The van der Waals surface area contributed by atoms with Gasteiger partial charge >= 0.3 is 0 Å². The highest BCUT2D eigenvalue weighted by molar-refractivity contribution is 6.02. The normalized spacial score (nSPS) is 10.8. The van der Waals surface area contributed by atoms with E-state index in [0.29, 0.717) is 22.9 Å². The monoisotopic (exact) mass is 499 g/mol. The lowest BCUT2D eigenvalue weighted by Crippen LogP contribution is -2.26. The van der Waals surface area contributed by atoms with Gasteiger partial charge in [0.1, 0.15) is 17.9 Å². The Morgan fingerprint density at radius 2 is 1.89 bits per heavy atom. The number of benzene rings is 2. The maximum atomic E-state index is 12.3. The van der Waals surface area contributed by atoms with Crippen LogP contribution in [0.25, 0.3) is 22.2 Å². The van der Waals surface area contributed by atoms with E-state index in [1.54, 1.807) is 7.11 Å². The summed E-state index contributed by atoms with van der Waals surface area (Å²) in [7, 11) is 3.55. The third kappa shape index (κ3) is 5.72. The van der Waals surface area contributed by atoms with E-state index in [4.69, 9.17) is 4.74 Å². The molecule has 0 saturated heterocycles. The fourth-order valence-electron chi connectivity index (χ4n) is 4.30. The van der Waals surface area contributed by atoms with E-state index in [-0.39, 0.29) is 5.91 Å². The van der Waals surface area contributed by atoms with Crippen LogP contribution in [0.15, 0.2) is 61.6 Å². The van der Waals surface area contributed by atoms with Gasteiger partial charge in [-0.2, -0.15) is 5.10 Å². The quantitative estimate of drug-likeness (QED) is 0.262. The van der Waals surface area contributed by atoms with Gasteiger partial charge in [0.05, 0.1) is 41.6 Å². The van der Waals surface area contributed by atoms with Gasteiger partial charge in [0.2, 0.25) is 5.91 Å². The maximum Gasteiger partial charge on any atom is 0.247 e. The Kier molecular flexibility index (Phi) is 8.02. The maximum absolute atomic E-state index is 12.3. The molecule has 1 amide bonds. The van der Waals surface area contributed by atoms with Crippen LogP contribution in [0.2, 0.25) is 0 Å². The molecule has 0 unspecified atom stereocenters. The lowest BCUT2D eigenvalue weighted by molar-refractivity contribution is -0.111. The van der Waals surface area contributed by atoms with Crippen LogP contribution in [0.4, 0.5) is 22.9 Å². The number of amides is 1. The molecule has 4 aromatic rings. The Hall–Kier alpha value is -4.40. The smallest absolute Gasteiger partial charge is 0.247 e. The van der Waals surface area contributed by atoms with E-state index in [9.17, 15) is 4.79 Å². The lowest BCUT2D eigenvalue weighted by atomic mass is 10.1. The summed E-state index contributed by atoms with van der Waals surface area (Å²) in [6.07, 6.45) is 6.58. The molecule has 2 N–H and O–H groups in total. The largest absolute Gasteiger partial charge is 0.494 e. The van der Waals surface area contributed by atoms with Crippen LogP contribution in [0.5, 0.6) is 5.75 Å². The number of nitrogens with zero attached hydrogens (tertiary/aromatic N) is 5. The van der Waals surface area contributed by atoms with Crippen molar-refractivity contribution in [3.8, 4) is 17.0 Å². The van der Waals surface area contributed by atoms with Crippen LogP contribution < -0.4 is 20.3 Å². The number of carbonyl (C=O) groups is 1. The summed E-state index contributed by atoms with van der Waals surface area (Å²) < 4.78 is 7.58. The molecule has 0 fully saturated rings. The Morgan fingerprint density at radius 3 is 2.59 bits per heavy atom. The molecule has 0 atom stereocenters. The van der Waals surface area contributed by atoms with Crippen LogP contribution in [0, 0.1) is 0 Å². The number of anilines is 4. The minimum atomic E-state index is -0.278. The van der Waals surface area contributed by atoms with Gasteiger partial charge in [0.15, 0.2) is 0 Å². The average molecular weight is 500 g/mol. The first-order valence-corrected chi connectivity index (χ1v) is 12.4. The van der Waals surface area contributed by atoms with Crippen molar-refractivity contribution in [2.75, 3.05) is 35.7 Å². The summed E-state index contributed by atoms with van der Waals surface area (Å²) in [5.74, 6) is 0.960. The molecule has 0 spiro atoms. The molecular formula is C28H33N7O2. The second-order valence-corrected chi connectivity index (χ2v) is 8.71. The highest BCUT2D eigenvalue weighted by Crippen LogP contribution is 2.39. The Balaban J connectivity index is 1.72. The molecule has 0 bridgehead atoms. The average Bonchev–Trinajstić information content (AvgIpc) is 3.28. The van der Waals surface area contributed by atoms with Gasteiger partial charge in [0.25, 0.3) is 0 Å². The van der Waals surface area contributed by atoms with Crippen molar-refractivity contribution >= 4 is 39.7 Å². The van der Waals surface area contributed by atoms with Crippen molar-refractivity contribution in [2.45, 2.75) is 26.7 Å². The molecule has 9 nitrogen and oxygen atoms in total. The van der Waals surface area contributed by atoms with Crippen LogP contribution in [0.3, 0.4) is 0 Å². The summed E-state index contributed by atoms with van der Waals surface area (Å²) in [5.41, 5.74) is 4.99. The summed E-state index contributed by atoms with van der Waals surface area (Å²) in [6.45, 7) is 9.59. The number of aromatic nitrogens is 4. The number of nitrogens with one attached hydrogen (secondary N) is 2. The van der Waals surface area contributed by atoms with Gasteiger partial charge in [-0.1, -0.05) is 32.6 Å². The molecule has 0 aliphatic carbocycles. The number of carbonyl (C=O) groups excluding carboxylic acids is 1. The molecular weight excluding hydrogens is 466 g/mol.